The van der Waals surface area contributed by atoms with E-state index in [4.69, 9.17) is 11.5 Å². The molecule has 7 heteroatoms. The number of primary amides is 1. The van der Waals surface area contributed by atoms with Crippen LogP contribution in [0, 0.1) is 0 Å². The molecule has 3 amide bonds. The Kier molecular flexibility index (Phi) is 6.19. The third-order valence-electron chi connectivity index (χ3n) is 2.26. The van der Waals surface area contributed by atoms with Gasteiger partial charge in [0, 0.05) is 20.6 Å². The first kappa shape index (κ1) is 15.4. The van der Waals surface area contributed by atoms with Gasteiger partial charge in [-0.25, -0.2) is 0 Å². The topological polar surface area (TPSA) is 110 Å². The van der Waals surface area contributed by atoms with Crippen LogP contribution in [-0.4, -0.2) is 60.7 Å². The van der Waals surface area contributed by atoms with Crippen molar-refractivity contribution < 1.29 is 14.4 Å². The molecule has 4 N–H and O–H groups in total. The van der Waals surface area contributed by atoms with Crippen LogP contribution in [0.2, 0.25) is 0 Å². The molecule has 0 aromatic carbocycles. The van der Waals surface area contributed by atoms with Gasteiger partial charge in [0.2, 0.25) is 17.7 Å². The number of carbonyl (C=O) groups excluding carboxylic acids is 3. The van der Waals surface area contributed by atoms with Crippen LogP contribution in [0.5, 0.6) is 0 Å². The fourth-order valence-corrected chi connectivity index (χ4v) is 1.19. The predicted octanol–water partition coefficient (Wildman–Crippen LogP) is -1.87. The molecule has 7 nitrogen and oxygen atoms in total. The quantitative estimate of drug-likeness (QED) is 0.570. The summed E-state index contributed by atoms with van der Waals surface area (Å²) in [5, 5.41) is 0. The second kappa shape index (κ2) is 6.85. The molecule has 0 saturated carbocycles. The van der Waals surface area contributed by atoms with Crippen LogP contribution in [0.15, 0.2) is 0 Å². The third-order valence-corrected chi connectivity index (χ3v) is 2.26. The lowest BCUT2D eigenvalue weighted by Gasteiger charge is -2.24. The van der Waals surface area contributed by atoms with Crippen molar-refractivity contribution in [1.82, 2.24) is 9.80 Å². The van der Waals surface area contributed by atoms with Gasteiger partial charge in [-0.1, -0.05) is 0 Å². The van der Waals surface area contributed by atoms with E-state index in [-0.39, 0.29) is 18.9 Å². The molecule has 0 heterocycles. The Labute approximate surface area is 101 Å². The van der Waals surface area contributed by atoms with Crippen molar-refractivity contribution in [3.05, 3.63) is 0 Å². The Bertz CT molecular complexity index is 304. The highest BCUT2D eigenvalue weighted by molar-refractivity contribution is 5.90. The zero-order chi connectivity index (χ0) is 13.6. The van der Waals surface area contributed by atoms with Gasteiger partial charge in [-0.3, -0.25) is 14.4 Å². The lowest BCUT2D eigenvalue weighted by atomic mass is 10.2. The van der Waals surface area contributed by atoms with E-state index in [2.05, 4.69) is 0 Å². The first-order valence-electron chi connectivity index (χ1n) is 5.32. The Morgan fingerprint density at radius 2 is 1.76 bits per heavy atom. The van der Waals surface area contributed by atoms with Gasteiger partial charge in [-0.15, -0.1) is 0 Å². The Morgan fingerprint density at radius 1 is 1.24 bits per heavy atom. The summed E-state index contributed by atoms with van der Waals surface area (Å²) in [6.07, 6.45) is -0.217. The van der Waals surface area contributed by atoms with E-state index in [1.807, 2.05) is 0 Å². The summed E-state index contributed by atoms with van der Waals surface area (Å²) in [7, 11) is 3.20. The molecule has 0 saturated heterocycles. The van der Waals surface area contributed by atoms with E-state index in [0.29, 0.717) is 6.54 Å². The minimum absolute atomic E-state index is 0.0468. The van der Waals surface area contributed by atoms with Gasteiger partial charge < -0.3 is 21.3 Å². The summed E-state index contributed by atoms with van der Waals surface area (Å²) in [6, 6.07) is -0.984. The summed E-state index contributed by atoms with van der Waals surface area (Å²) in [5.41, 5.74) is 10.5. The van der Waals surface area contributed by atoms with E-state index in [1.54, 1.807) is 21.0 Å². The second-order valence-corrected chi connectivity index (χ2v) is 3.92. The molecule has 0 aliphatic heterocycles. The largest absolute Gasteiger partial charge is 0.370 e. The molecule has 0 fully saturated rings. The average Bonchev–Trinajstić information content (AvgIpc) is 2.23. The molecule has 0 aromatic rings. The van der Waals surface area contributed by atoms with Crippen LogP contribution < -0.4 is 11.5 Å². The molecule has 0 aliphatic rings. The molecular formula is C10H20N4O3. The van der Waals surface area contributed by atoms with Crippen molar-refractivity contribution in [2.24, 2.45) is 11.5 Å². The van der Waals surface area contributed by atoms with E-state index in [9.17, 15) is 14.4 Å². The van der Waals surface area contributed by atoms with Crippen molar-refractivity contribution in [3.63, 3.8) is 0 Å². The van der Waals surface area contributed by atoms with Crippen molar-refractivity contribution >= 4 is 17.7 Å². The molecular weight excluding hydrogens is 224 g/mol. The maximum absolute atomic E-state index is 11.8. The first-order chi connectivity index (χ1) is 7.79. The SMILES string of the molecule is CCN(CC(=O)N(C)C)C(=O)C(N)CC(N)=O. The highest BCUT2D eigenvalue weighted by atomic mass is 16.2. The van der Waals surface area contributed by atoms with Crippen LogP contribution in [0.3, 0.4) is 0 Å². The van der Waals surface area contributed by atoms with Crippen molar-refractivity contribution in [3.8, 4) is 0 Å². The zero-order valence-corrected chi connectivity index (χ0v) is 10.5. The van der Waals surface area contributed by atoms with E-state index in [0.717, 1.165) is 0 Å². The first-order valence-corrected chi connectivity index (χ1v) is 5.32. The zero-order valence-electron chi connectivity index (χ0n) is 10.5. The predicted molar refractivity (Wildman–Crippen MR) is 62.7 cm³/mol. The second-order valence-electron chi connectivity index (χ2n) is 3.92. The fourth-order valence-electron chi connectivity index (χ4n) is 1.19. The van der Waals surface area contributed by atoms with Crippen LogP contribution in [-0.2, 0) is 14.4 Å². The number of carbonyl (C=O) groups is 3. The van der Waals surface area contributed by atoms with E-state index >= 15 is 0 Å². The van der Waals surface area contributed by atoms with Gasteiger partial charge >= 0.3 is 0 Å². The maximum Gasteiger partial charge on any atom is 0.241 e. The number of nitrogens with zero attached hydrogens (tertiary/aromatic N) is 2. The molecule has 1 atom stereocenters. The van der Waals surface area contributed by atoms with Crippen molar-refractivity contribution in [2.75, 3.05) is 27.2 Å². The molecule has 0 aromatic heterocycles. The molecule has 0 radical (unpaired) electrons. The highest BCUT2D eigenvalue weighted by Gasteiger charge is 2.23. The van der Waals surface area contributed by atoms with Gasteiger partial charge in [0.15, 0.2) is 0 Å². The summed E-state index contributed by atoms with van der Waals surface area (Å²) in [4.78, 5) is 36.6. The lowest BCUT2D eigenvalue weighted by Crippen LogP contribution is -2.48. The molecule has 0 aliphatic carbocycles. The van der Waals surface area contributed by atoms with Gasteiger partial charge in [0.25, 0.3) is 0 Å². The molecule has 1 unspecified atom stereocenters. The number of amides is 3. The monoisotopic (exact) mass is 244 g/mol. The number of nitrogens with two attached hydrogens (primary N) is 2. The summed E-state index contributed by atoms with van der Waals surface area (Å²) < 4.78 is 0. The average molecular weight is 244 g/mol. The maximum atomic E-state index is 11.8. The molecule has 17 heavy (non-hydrogen) atoms. The Morgan fingerprint density at radius 3 is 2.12 bits per heavy atom. The minimum Gasteiger partial charge on any atom is -0.370 e. The standard InChI is InChI=1S/C10H20N4O3/c1-4-14(6-9(16)13(2)3)10(17)7(11)5-8(12)15/h7H,4-6,11H2,1-3H3,(H2,12,15). The summed E-state index contributed by atoms with van der Waals surface area (Å²) in [6.45, 7) is 2.04. The van der Waals surface area contributed by atoms with Gasteiger partial charge in [-0.05, 0) is 6.92 Å². The van der Waals surface area contributed by atoms with Crippen molar-refractivity contribution in [1.29, 1.82) is 0 Å². The van der Waals surface area contributed by atoms with E-state index < -0.39 is 17.9 Å². The van der Waals surface area contributed by atoms with Crippen molar-refractivity contribution in [2.45, 2.75) is 19.4 Å². The van der Waals surface area contributed by atoms with E-state index in [1.165, 1.54) is 9.80 Å². The van der Waals surface area contributed by atoms with Crippen LogP contribution >= 0.6 is 0 Å². The van der Waals surface area contributed by atoms with Gasteiger partial charge in [0.05, 0.1) is 19.0 Å². The fraction of sp³-hybridized carbons (Fsp3) is 0.700. The van der Waals surface area contributed by atoms with Crippen LogP contribution in [0.1, 0.15) is 13.3 Å². The third kappa shape index (κ3) is 5.30. The molecule has 0 rings (SSSR count). The minimum atomic E-state index is -0.984. The summed E-state index contributed by atoms with van der Waals surface area (Å²) >= 11 is 0. The number of hydrogen-bond acceptors (Lipinski definition) is 4. The number of likely N-dealkylation sites (N-methyl/N-ethyl adjacent to an activating group) is 2. The van der Waals surface area contributed by atoms with Gasteiger partial charge in [0.1, 0.15) is 0 Å². The number of rotatable bonds is 6. The highest BCUT2D eigenvalue weighted by Crippen LogP contribution is 1.98. The Hall–Kier alpha value is -1.63. The Balaban J connectivity index is 4.50. The van der Waals surface area contributed by atoms with Crippen LogP contribution in [0.25, 0.3) is 0 Å². The molecule has 0 bridgehead atoms. The summed E-state index contributed by atoms with van der Waals surface area (Å²) in [5.74, 6) is -1.28. The molecule has 98 valence electrons. The lowest BCUT2D eigenvalue weighted by molar-refractivity contribution is -0.140. The van der Waals surface area contributed by atoms with Gasteiger partial charge in [-0.2, -0.15) is 0 Å². The van der Waals surface area contributed by atoms with Crippen LogP contribution in [0.4, 0.5) is 0 Å². The smallest absolute Gasteiger partial charge is 0.241 e. The normalized spacial score (nSPS) is 11.8. The molecule has 0 spiro atoms. The number of hydrogen-bond donors (Lipinski definition) is 2.